The number of hydrogen-bond acceptors (Lipinski definition) is 6. The van der Waals surface area contributed by atoms with Crippen LogP contribution in [0, 0.1) is 5.92 Å². The molecule has 4 aromatic rings. The number of ether oxygens (including phenoxy) is 1. The van der Waals surface area contributed by atoms with Crippen LogP contribution < -0.4 is 10.1 Å². The van der Waals surface area contributed by atoms with Gasteiger partial charge in [-0.1, -0.05) is 38.0 Å². The zero-order valence-corrected chi connectivity index (χ0v) is 19.4. The number of benzene rings is 1. The molecule has 0 saturated heterocycles. The van der Waals surface area contributed by atoms with Crippen molar-refractivity contribution in [3.8, 4) is 22.8 Å². The van der Waals surface area contributed by atoms with Gasteiger partial charge in [-0.25, -0.2) is 4.98 Å². The van der Waals surface area contributed by atoms with E-state index in [4.69, 9.17) is 9.72 Å². The Morgan fingerprint density at radius 1 is 1.15 bits per heavy atom. The number of anilines is 1. The molecular formula is C26H33N5OS. The second kappa shape index (κ2) is 10.3. The molecule has 1 aliphatic rings. The average molecular weight is 464 g/mol. The third-order valence-electron chi connectivity index (χ3n) is 6.29. The molecule has 1 saturated carbocycles. The third-order valence-corrected chi connectivity index (χ3v) is 7.24. The van der Waals surface area contributed by atoms with Crippen LogP contribution in [0.4, 0.5) is 5.13 Å². The van der Waals surface area contributed by atoms with Gasteiger partial charge in [0.1, 0.15) is 11.5 Å². The summed E-state index contributed by atoms with van der Waals surface area (Å²) in [5.74, 6) is 2.31. The van der Waals surface area contributed by atoms with Crippen LogP contribution in [-0.2, 0) is 6.54 Å². The average Bonchev–Trinajstić information content (AvgIpc) is 3.46. The Hall–Kier alpha value is -2.93. The molecule has 0 aliphatic heterocycles. The van der Waals surface area contributed by atoms with Gasteiger partial charge in [0.15, 0.2) is 5.13 Å². The van der Waals surface area contributed by atoms with E-state index in [1.54, 1.807) is 17.5 Å². The maximum Gasteiger partial charge on any atom is 0.184 e. The number of aromatic nitrogens is 4. The van der Waals surface area contributed by atoms with Gasteiger partial charge in [-0.3, -0.25) is 9.67 Å². The highest BCUT2D eigenvalue weighted by Gasteiger charge is 2.21. The smallest absolute Gasteiger partial charge is 0.184 e. The first kappa shape index (κ1) is 23.2. The topological polar surface area (TPSA) is 64.9 Å². The van der Waals surface area contributed by atoms with E-state index < -0.39 is 0 Å². The Balaban J connectivity index is 0.00000259. The molecular weight excluding hydrogens is 430 g/mol. The molecule has 1 fully saturated rings. The summed E-state index contributed by atoms with van der Waals surface area (Å²) in [5, 5.41) is 8.98. The fourth-order valence-corrected chi connectivity index (χ4v) is 5.40. The van der Waals surface area contributed by atoms with Crippen LogP contribution in [0.2, 0.25) is 0 Å². The fraction of sp³-hybridized carbons (Fsp3) is 0.423. The van der Waals surface area contributed by atoms with Crippen LogP contribution in [0.15, 0.2) is 48.9 Å². The van der Waals surface area contributed by atoms with Gasteiger partial charge in [0.25, 0.3) is 0 Å². The van der Waals surface area contributed by atoms with Gasteiger partial charge < -0.3 is 10.1 Å². The van der Waals surface area contributed by atoms with Crippen LogP contribution in [0.5, 0.6) is 11.5 Å². The van der Waals surface area contributed by atoms with Crippen LogP contribution in [0.1, 0.15) is 53.4 Å². The van der Waals surface area contributed by atoms with Gasteiger partial charge in [-0.05, 0) is 50.8 Å². The Kier molecular flexibility index (Phi) is 7.28. The highest BCUT2D eigenvalue weighted by Crippen LogP contribution is 2.34. The zero-order valence-electron chi connectivity index (χ0n) is 18.6. The molecule has 6 nitrogen and oxygen atoms in total. The lowest BCUT2D eigenvalue weighted by molar-refractivity contribution is 0.328. The number of nitrogens with one attached hydrogen (secondary N) is 1. The minimum atomic E-state index is 0. The minimum absolute atomic E-state index is 0. The van der Waals surface area contributed by atoms with E-state index in [2.05, 4.69) is 35.3 Å². The lowest BCUT2D eigenvalue weighted by atomic mass is 9.85. The molecule has 33 heavy (non-hydrogen) atoms. The van der Waals surface area contributed by atoms with Crippen molar-refractivity contribution in [3.05, 3.63) is 48.9 Å². The zero-order chi connectivity index (χ0) is 21.9. The van der Waals surface area contributed by atoms with Crippen LogP contribution in [-0.4, -0.2) is 25.8 Å². The maximum atomic E-state index is 6.16. The van der Waals surface area contributed by atoms with Gasteiger partial charge in [-0.15, -0.1) is 0 Å². The second-order valence-corrected chi connectivity index (χ2v) is 9.57. The van der Waals surface area contributed by atoms with Gasteiger partial charge in [0.05, 0.1) is 22.1 Å². The van der Waals surface area contributed by atoms with E-state index in [0.717, 1.165) is 50.6 Å². The van der Waals surface area contributed by atoms with Crippen molar-refractivity contribution in [3.63, 3.8) is 0 Å². The molecule has 0 unspecified atom stereocenters. The van der Waals surface area contributed by atoms with E-state index in [1.165, 1.54) is 32.1 Å². The summed E-state index contributed by atoms with van der Waals surface area (Å²) in [5.41, 5.74) is 2.84. The molecule has 1 aromatic carbocycles. The summed E-state index contributed by atoms with van der Waals surface area (Å²) in [6, 6.07) is 10.4. The number of nitrogens with zero attached hydrogens (tertiary/aromatic N) is 4. The molecule has 0 amide bonds. The fourth-order valence-electron chi connectivity index (χ4n) is 4.41. The number of hydrogen-bond donors (Lipinski definition) is 1. The molecule has 1 aliphatic carbocycles. The quantitative estimate of drug-likeness (QED) is 0.310. The summed E-state index contributed by atoms with van der Waals surface area (Å²) in [7, 11) is 0. The first-order chi connectivity index (χ1) is 15.7. The molecule has 174 valence electrons. The molecule has 0 spiro atoms. The molecule has 0 radical (unpaired) electrons. The number of aryl methyl sites for hydroxylation is 1. The van der Waals surface area contributed by atoms with Crippen molar-refractivity contribution < 1.29 is 4.74 Å². The largest absolute Gasteiger partial charge is 0.457 e. The van der Waals surface area contributed by atoms with E-state index in [1.807, 2.05) is 41.3 Å². The maximum absolute atomic E-state index is 6.16. The molecule has 3 aromatic heterocycles. The standard InChI is InChI=1S/C25H29N5OS.CH4/c1-3-30-16-19(15-27-30)23-13-21(11-12-26-23)31-20-9-10-22-24(14-20)32-25(29-22)28-17(2)18-7-5-4-6-8-18;/h9-18H,3-8H2,1-2H3,(H,28,29);1H4/t17-;/m0./s1. The number of fused-ring (bicyclic) bond motifs is 1. The van der Waals surface area contributed by atoms with Gasteiger partial charge in [0.2, 0.25) is 0 Å². The van der Waals surface area contributed by atoms with Gasteiger partial charge in [0, 0.05) is 42.7 Å². The number of pyridine rings is 1. The predicted molar refractivity (Wildman–Crippen MR) is 137 cm³/mol. The Bertz CT molecular complexity index is 1190. The van der Waals surface area contributed by atoms with Crippen LogP contribution in [0.3, 0.4) is 0 Å². The van der Waals surface area contributed by atoms with Crippen molar-refractivity contribution in [2.45, 2.75) is 66.0 Å². The number of thiazole rings is 1. The highest BCUT2D eigenvalue weighted by atomic mass is 32.1. The lowest BCUT2D eigenvalue weighted by Crippen LogP contribution is -2.27. The number of rotatable bonds is 7. The van der Waals surface area contributed by atoms with Crippen molar-refractivity contribution in [1.82, 2.24) is 19.7 Å². The van der Waals surface area contributed by atoms with E-state index in [-0.39, 0.29) is 7.43 Å². The predicted octanol–water partition coefficient (Wildman–Crippen LogP) is 7.38. The van der Waals surface area contributed by atoms with Crippen LogP contribution in [0.25, 0.3) is 21.5 Å². The second-order valence-electron chi connectivity index (χ2n) is 8.54. The van der Waals surface area contributed by atoms with Gasteiger partial charge in [-0.2, -0.15) is 5.10 Å². The summed E-state index contributed by atoms with van der Waals surface area (Å²) >= 11 is 1.69. The Labute approximate surface area is 200 Å². The van der Waals surface area contributed by atoms with Crippen LogP contribution >= 0.6 is 11.3 Å². The SMILES string of the molecule is C.CCn1cc(-c2cc(Oc3ccc4nc(N[C@@H](C)C5CCCCC5)sc4c3)ccn2)cn1. The molecule has 0 bridgehead atoms. The van der Waals surface area contributed by atoms with E-state index in [9.17, 15) is 0 Å². The monoisotopic (exact) mass is 463 g/mol. The summed E-state index contributed by atoms with van der Waals surface area (Å²) in [6.45, 7) is 5.19. The van der Waals surface area contributed by atoms with Crippen molar-refractivity contribution >= 4 is 26.7 Å². The normalized spacial score (nSPS) is 15.2. The lowest BCUT2D eigenvalue weighted by Gasteiger charge is -2.28. The molecule has 3 heterocycles. The van der Waals surface area contributed by atoms with Gasteiger partial charge >= 0.3 is 0 Å². The van der Waals surface area contributed by atoms with Crippen molar-refractivity contribution in [2.75, 3.05) is 5.32 Å². The van der Waals surface area contributed by atoms with E-state index in [0.29, 0.717) is 6.04 Å². The third kappa shape index (κ3) is 5.36. The summed E-state index contributed by atoms with van der Waals surface area (Å²) in [4.78, 5) is 9.26. The minimum Gasteiger partial charge on any atom is -0.457 e. The molecule has 5 rings (SSSR count). The first-order valence-corrected chi connectivity index (χ1v) is 12.3. The summed E-state index contributed by atoms with van der Waals surface area (Å²) < 4.78 is 9.17. The summed E-state index contributed by atoms with van der Waals surface area (Å²) in [6.07, 6.45) is 12.3. The van der Waals surface area contributed by atoms with Crippen molar-refractivity contribution in [2.24, 2.45) is 5.92 Å². The Morgan fingerprint density at radius 3 is 2.76 bits per heavy atom. The Morgan fingerprint density at radius 2 is 1.97 bits per heavy atom. The molecule has 7 heteroatoms. The van der Waals surface area contributed by atoms with Crippen molar-refractivity contribution in [1.29, 1.82) is 0 Å². The van der Waals surface area contributed by atoms with E-state index >= 15 is 0 Å². The first-order valence-electron chi connectivity index (χ1n) is 11.5. The molecule has 1 N–H and O–H groups in total. The molecule has 1 atom stereocenters. The highest BCUT2D eigenvalue weighted by molar-refractivity contribution is 7.22.